The lowest BCUT2D eigenvalue weighted by Gasteiger charge is -2.08. The van der Waals surface area contributed by atoms with Crippen LogP contribution in [0.3, 0.4) is 0 Å². The van der Waals surface area contributed by atoms with E-state index < -0.39 is 22.5 Å². The minimum absolute atomic E-state index is 0.0360. The van der Waals surface area contributed by atoms with E-state index in [4.69, 9.17) is 9.15 Å². The van der Waals surface area contributed by atoms with Gasteiger partial charge in [0.15, 0.2) is 5.76 Å². The number of halogens is 2. The minimum Gasteiger partial charge on any atom is -0.489 e. The van der Waals surface area contributed by atoms with Crippen LogP contribution >= 0.6 is 0 Å². The van der Waals surface area contributed by atoms with Crippen LogP contribution in [-0.4, -0.2) is 20.9 Å². The second kappa shape index (κ2) is 10.6. The molecule has 0 radical (unpaired) electrons. The van der Waals surface area contributed by atoms with Gasteiger partial charge in [-0.3, -0.25) is 4.79 Å². The number of hydrogen-bond donors (Lipinski definition) is 1. The van der Waals surface area contributed by atoms with Gasteiger partial charge in [-0.15, -0.1) is 0 Å². The number of aryl methyl sites for hydroxylation is 1. The summed E-state index contributed by atoms with van der Waals surface area (Å²) >= 11 is 0. The predicted octanol–water partition coefficient (Wildman–Crippen LogP) is 5.55. The fraction of sp³-hybridized carbons (Fsp3) is 0.115. The molecule has 10 heteroatoms. The van der Waals surface area contributed by atoms with Crippen LogP contribution in [0.4, 0.5) is 8.78 Å². The van der Waals surface area contributed by atoms with E-state index in [2.05, 4.69) is 4.74 Å². The molecule has 0 saturated heterocycles. The molecule has 0 aliphatic carbocycles. The first-order valence-corrected chi connectivity index (χ1v) is 12.2. The van der Waals surface area contributed by atoms with Crippen molar-refractivity contribution in [2.24, 2.45) is 0 Å². The third-order valence-corrected chi connectivity index (χ3v) is 6.53. The zero-order valence-corrected chi connectivity index (χ0v) is 19.8. The van der Waals surface area contributed by atoms with Crippen LogP contribution in [0.5, 0.6) is 11.5 Å². The van der Waals surface area contributed by atoms with Crippen molar-refractivity contribution in [3.63, 3.8) is 0 Å². The van der Waals surface area contributed by atoms with E-state index in [-0.39, 0.29) is 23.0 Å². The molecule has 0 aliphatic heterocycles. The van der Waals surface area contributed by atoms with Crippen LogP contribution in [0.15, 0.2) is 94.2 Å². The van der Waals surface area contributed by atoms with Gasteiger partial charge in [0.25, 0.3) is 10.0 Å². The Labute approximate surface area is 206 Å². The summed E-state index contributed by atoms with van der Waals surface area (Å²) in [6, 6.07) is 22.4. The standard InChI is InChI=1S/C26H21F2NO6S/c1-17-20(15-24(34-17)25(30)29-36(31,32)23-5-3-2-4-6-23)16-33-21-11-7-18(8-12-21)19-9-13-22(14-10-19)35-26(27)28/h2-15,26H,16H2,1H3,(H,29,30). The SMILES string of the molecule is Cc1oc(C(=O)NS(=O)(=O)c2ccccc2)cc1COc1ccc(-c2ccc(OC(F)F)cc2)cc1. The zero-order valence-electron chi connectivity index (χ0n) is 19.0. The monoisotopic (exact) mass is 513 g/mol. The Morgan fingerprint density at radius 2 is 1.50 bits per heavy atom. The van der Waals surface area contributed by atoms with Gasteiger partial charge in [-0.1, -0.05) is 42.5 Å². The Morgan fingerprint density at radius 1 is 0.917 bits per heavy atom. The smallest absolute Gasteiger partial charge is 0.387 e. The summed E-state index contributed by atoms with van der Waals surface area (Å²) in [7, 11) is -4.03. The molecular weight excluding hydrogens is 492 g/mol. The lowest BCUT2D eigenvalue weighted by molar-refractivity contribution is -0.0498. The molecule has 4 aromatic rings. The molecule has 3 aromatic carbocycles. The molecule has 0 atom stereocenters. The molecule has 0 fully saturated rings. The number of carbonyl (C=O) groups is 1. The van der Waals surface area contributed by atoms with Crippen molar-refractivity contribution in [2.45, 2.75) is 25.0 Å². The summed E-state index contributed by atoms with van der Waals surface area (Å²) in [5, 5.41) is 0. The number of rotatable bonds is 9. The molecule has 0 saturated carbocycles. The van der Waals surface area contributed by atoms with E-state index in [9.17, 15) is 22.0 Å². The number of furan rings is 1. The second-order valence-electron chi connectivity index (χ2n) is 7.66. The lowest BCUT2D eigenvalue weighted by atomic mass is 10.1. The fourth-order valence-corrected chi connectivity index (χ4v) is 4.32. The summed E-state index contributed by atoms with van der Waals surface area (Å²) in [6.45, 7) is -1.14. The summed E-state index contributed by atoms with van der Waals surface area (Å²) in [5.74, 6) is 0.00675. The van der Waals surface area contributed by atoms with Gasteiger partial charge in [-0.2, -0.15) is 8.78 Å². The van der Waals surface area contributed by atoms with E-state index in [1.54, 1.807) is 49.4 Å². The molecule has 0 aliphatic rings. The van der Waals surface area contributed by atoms with Crippen LogP contribution in [-0.2, 0) is 16.6 Å². The third kappa shape index (κ3) is 6.08. The molecular formula is C26H21F2NO6S. The molecule has 1 N–H and O–H groups in total. The molecule has 1 amide bonds. The molecule has 0 bridgehead atoms. The summed E-state index contributed by atoms with van der Waals surface area (Å²) < 4.78 is 66.9. The van der Waals surface area contributed by atoms with Crippen LogP contribution in [0.1, 0.15) is 21.9 Å². The van der Waals surface area contributed by atoms with Crippen LogP contribution in [0.2, 0.25) is 0 Å². The number of amides is 1. The topological polar surface area (TPSA) is 94.8 Å². The number of carbonyl (C=O) groups excluding carboxylic acids is 1. The highest BCUT2D eigenvalue weighted by Crippen LogP contribution is 2.26. The van der Waals surface area contributed by atoms with Gasteiger partial charge < -0.3 is 13.9 Å². The maximum atomic E-state index is 12.4. The average Bonchev–Trinajstić information content (AvgIpc) is 3.24. The maximum absolute atomic E-state index is 12.4. The number of benzene rings is 3. The molecule has 1 aromatic heterocycles. The first-order chi connectivity index (χ1) is 17.2. The Hall–Kier alpha value is -4.18. The minimum atomic E-state index is -4.03. The number of hydrogen-bond acceptors (Lipinski definition) is 6. The summed E-state index contributed by atoms with van der Waals surface area (Å²) in [5.41, 5.74) is 2.25. The van der Waals surface area contributed by atoms with Crippen molar-refractivity contribution in [3.8, 4) is 22.6 Å². The van der Waals surface area contributed by atoms with Gasteiger partial charge >= 0.3 is 12.5 Å². The molecule has 1 heterocycles. The van der Waals surface area contributed by atoms with Crippen LogP contribution < -0.4 is 14.2 Å². The van der Waals surface area contributed by atoms with E-state index in [1.165, 1.54) is 30.3 Å². The normalized spacial score (nSPS) is 11.3. The van der Waals surface area contributed by atoms with Crippen LogP contribution in [0.25, 0.3) is 11.1 Å². The van der Waals surface area contributed by atoms with Gasteiger partial charge in [-0.25, -0.2) is 13.1 Å². The second-order valence-corrected chi connectivity index (χ2v) is 9.34. The number of nitrogens with one attached hydrogen (secondary N) is 1. The van der Waals surface area contributed by atoms with Crippen molar-refractivity contribution in [1.82, 2.24) is 4.72 Å². The zero-order chi connectivity index (χ0) is 25.7. The first kappa shape index (κ1) is 24.9. The predicted molar refractivity (Wildman–Crippen MR) is 127 cm³/mol. The van der Waals surface area contributed by atoms with Crippen molar-refractivity contribution in [1.29, 1.82) is 0 Å². The number of sulfonamides is 1. The van der Waals surface area contributed by atoms with Gasteiger partial charge in [0.1, 0.15) is 23.9 Å². The Morgan fingerprint density at radius 3 is 2.08 bits per heavy atom. The van der Waals surface area contributed by atoms with Crippen molar-refractivity contribution in [3.05, 3.63) is 102 Å². The lowest BCUT2D eigenvalue weighted by Crippen LogP contribution is -2.30. The Kier molecular flexibility index (Phi) is 7.35. The fourth-order valence-electron chi connectivity index (χ4n) is 3.34. The van der Waals surface area contributed by atoms with E-state index >= 15 is 0 Å². The summed E-state index contributed by atoms with van der Waals surface area (Å²) in [4.78, 5) is 12.4. The molecule has 0 spiro atoms. The van der Waals surface area contributed by atoms with E-state index in [1.807, 2.05) is 16.9 Å². The van der Waals surface area contributed by atoms with Crippen molar-refractivity contribution >= 4 is 15.9 Å². The van der Waals surface area contributed by atoms with Gasteiger partial charge in [0.05, 0.1) is 4.90 Å². The molecule has 0 unspecified atom stereocenters. The van der Waals surface area contributed by atoms with Crippen molar-refractivity contribution < 1.29 is 35.9 Å². The molecule has 4 rings (SSSR count). The Bertz CT molecular complexity index is 1430. The van der Waals surface area contributed by atoms with Crippen molar-refractivity contribution in [2.75, 3.05) is 0 Å². The highest BCUT2D eigenvalue weighted by Gasteiger charge is 2.22. The van der Waals surface area contributed by atoms with Gasteiger partial charge in [0, 0.05) is 5.56 Å². The maximum Gasteiger partial charge on any atom is 0.387 e. The molecule has 186 valence electrons. The summed E-state index contributed by atoms with van der Waals surface area (Å²) in [6.07, 6.45) is 0. The Balaban J connectivity index is 1.37. The molecule has 7 nitrogen and oxygen atoms in total. The third-order valence-electron chi connectivity index (χ3n) is 5.19. The van der Waals surface area contributed by atoms with Crippen LogP contribution in [0, 0.1) is 6.92 Å². The number of alkyl halides is 2. The van der Waals surface area contributed by atoms with Gasteiger partial charge in [-0.05, 0) is 60.5 Å². The van der Waals surface area contributed by atoms with E-state index in [0.29, 0.717) is 17.1 Å². The highest BCUT2D eigenvalue weighted by molar-refractivity contribution is 7.90. The average molecular weight is 514 g/mol. The molecule has 36 heavy (non-hydrogen) atoms. The van der Waals surface area contributed by atoms with E-state index in [0.717, 1.165) is 11.1 Å². The quantitative estimate of drug-likeness (QED) is 0.315. The largest absolute Gasteiger partial charge is 0.489 e. The number of ether oxygens (including phenoxy) is 2. The van der Waals surface area contributed by atoms with Gasteiger partial charge in [0.2, 0.25) is 0 Å². The first-order valence-electron chi connectivity index (χ1n) is 10.7. The highest BCUT2D eigenvalue weighted by atomic mass is 32.2.